The lowest BCUT2D eigenvalue weighted by molar-refractivity contribution is -0.143. The second-order valence-electron chi connectivity index (χ2n) is 6.98. The molecule has 3 aliphatic rings. The predicted octanol–water partition coefficient (Wildman–Crippen LogP) is 1.31. The van der Waals surface area contributed by atoms with Gasteiger partial charge in [-0.05, 0) is 36.5 Å². The fraction of sp³-hybridized carbons (Fsp3) is 0.333. The van der Waals surface area contributed by atoms with Crippen molar-refractivity contribution in [3.8, 4) is 0 Å². The molecule has 5 rings (SSSR count). The van der Waals surface area contributed by atoms with Crippen LogP contribution in [0, 0.1) is 23.7 Å². The Hall–Kier alpha value is -2.96. The van der Waals surface area contributed by atoms with Crippen molar-refractivity contribution in [2.24, 2.45) is 23.7 Å². The van der Waals surface area contributed by atoms with E-state index in [1.54, 1.807) is 18.3 Å². The van der Waals surface area contributed by atoms with E-state index in [-0.39, 0.29) is 47.9 Å². The van der Waals surface area contributed by atoms with Crippen LogP contribution in [-0.4, -0.2) is 39.4 Å². The highest BCUT2D eigenvalue weighted by molar-refractivity contribution is 6.09. The maximum absolute atomic E-state index is 12.6. The molecule has 0 spiro atoms. The molecule has 4 unspecified atom stereocenters. The normalized spacial score (nSPS) is 29.7. The summed E-state index contributed by atoms with van der Waals surface area (Å²) in [5, 5.41) is 10.4. The van der Waals surface area contributed by atoms with Gasteiger partial charge in [0.1, 0.15) is 6.54 Å². The van der Waals surface area contributed by atoms with Crippen LogP contribution in [0.2, 0.25) is 0 Å². The van der Waals surface area contributed by atoms with Crippen molar-refractivity contribution in [2.75, 3.05) is 11.9 Å². The Morgan fingerprint density at radius 1 is 1.20 bits per heavy atom. The Morgan fingerprint density at radius 2 is 1.92 bits per heavy atom. The van der Waals surface area contributed by atoms with Crippen LogP contribution in [-0.2, 0) is 14.4 Å². The lowest BCUT2D eigenvalue weighted by Gasteiger charge is -2.16. The van der Waals surface area contributed by atoms with Crippen molar-refractivity contribution >= 4 is 34.3 Å². The van der Waals surface area contributed by atoms with E-state index < -0.39 is 0 Å². The third-order valence-corrected chi connectivity index (χ3v) is 5.59. The first-order valence-corrected chi connectivity index (χ1v) is 8.38. The third-order valence-electron chi connectivity index (χ3n) is 5.59. The zero-order valence-corrected chi connectivity index (χ0v) is 13.3. The second-order valence-corrected chi connectivity index (χ2v) is 6.98. The fourth-order valence-electron chi connectivity index (χ4n) is 4.48. The average molecular weight is 336 g/mol. The molecule has 1 aromatic heterocycles. The number of anilines is 1. The van der Waals surface area contributed by atoms with Crippen LogP contribution in [0.5, 0.6) is 0 Å². The molecule has 7 heteroatoms. The second kappa shape index (κ2) is 5.02. The Kier molecular flexibility index (Phi) is 2.89. The van der Waals surface area contributed by atoms with Gasteiger partial charge in [-0.1, -0.05) is 12.2 Å². The third kappa shape index (κ3) is 2.05. The molecule has 1 aliphatic heterocycles. The standard InChI is InChI=1S/C18H16N4O3/c23-14(20-12-3-4-13-11(6-12)7-19-21-13)8-22-17(24)15-9-1-2-10(5-9)16(15)18(22)25/h1-4,6-7,9-10,15-16H,5,8H2,(H,19,21)(H,20,23). The van der Waals surface area contributed by atoms with E-state index in [2.05, 4.69) is 15.5 Å². The number of rotatable bonds is 3. The highest BCUT2D eigenvalue weighted by Gasteiger charge is 2.59. The SMILES string of the molecule is O=C(CN1C(=O)C2C3C=CC(C3)C2C1=O)Nc1ccc2[nH]ncc2c1. The van der Waals surface area contributed by atoms with E-state index in [0.717, 1.165) is 22.2 Å². The fourth-order valence-corrected chi connectivity index (χ4v) is 4.48. The maximum Gasteiger partial charge on any atom is 0.244 e. The molecule has 2 aliphatic carbocycles. The maximum atomic E-state index is 12.6. The van der Waals surface area contributed by atoms with Crippen LogP contribution in [0.25, 0.3) is 10.9 Å². The number of aromatic amines is 1. The molecule has 1 saturated carbocycles. The van der Waals surface area contributed by atoms with Gasteiger partial charge in [0.25, 0.3) is 0 Å². The van der Waals surface area contributed by atoms with Crippen molar-refractivity contribution in [2.45, 2.75) is 6.42 Å². The molecule has 2 heterocycles. The minimum Gasteiger partial charge on any atom is -0.325 e. The van der Waals surface area contributed by atoms with Crippen molar-refractivity contribution in [3.05, 3.63) is 36.5 Å². The molecule has 1 aromatic carbocycles. The smallest absolute Gasteiger partial charge is 0.244 e. The zero-order valence-electron chi connectivity index (χ0n) is 13.3. The number of carbonyl (C=O) groups is 3. The Labute approximate surface area is 143 Å². The number of hydrogen-bond donors (Lipinski definition) is 2. The van der Waals surface area contributed by atoms with Crippen molar-refractivity contribution in [3.63, 3.8) is 0 Å². The highest BCUT2D eigenvalue weighted by Crippen LogP contribution is 2.52. The summed E-state index contributed by atoms with van der Waals surface area (Å²) >= 11 is 0. The van der Waals surface area contributed by atoms with E-state index in [4.69, 9.17) is 0 Å². The molecule has 0 radical (unpaired) electrons. The molecular weight excluding hydrogens is 320 g/mol. The summed E-state index contributed by atoms with van der Waals surface area (Å²) in [5.41, 5.74) is 1.48. The average Bonchev–Trinajstić information content (AvgIpc) is 3.35. The first kappa shape index (κ1) is 14.4. The number of carbonyl (C=O) groups excluding carboxylic acids is 3. The quantitative estimate of drug-likeness (QED) is 0.652. The molecule has 2 aromatic rings. The number of hydrogen-bond acceptors (Lipinski definition) is 4. The van der Waals surface area contributed by atoms with Crippen LogP contribution < -0.4 is 5.32 Å². The lowest BCUT2D eigenvalue weighted by atomic mass is 9.85. The summed E-state index contributed by atoms with van der Waals surface area (Å²) in [6, 6.07) is 5.37. The summed E-state index contributed by atoms with van der Waals surface area (Å²) in [5.74, 6) is -0.995. The van der Waals surface area contributed by atoms with Gasteiger partial charge in [0.2, 0.25) is 17.7 Å². The van der Waals surface area contributed by atoms with E-state index in [1.165, 1.54) is 0 Å². The Bertz CT molecular complexity index is 917. The van der Waals surface area contributed by atoms with Crippen molar-refractivity contribution in [1.82, 2.24) is 15.1 Å². The van der Waals surface area contributed by atoms with E-state index in [9.17, 15) is 14.4 Å². The van der Waals surface area contributed by atoms with Gasteiger partial charge < -0.3 is 5.32 Å². The molecule has 1 saturated heterocycles. The molecule has 7 nitrogen and oxygen atoms in total. The van der Waals surface area contributed by atoms with Crippen LogP contribution in [0.3, 0.4) is 0 Å². The van der Waals surface area contributed by atoms with Gasteiger partial charge in [-0.2, -0.15) is 5.10 Å². The van der Waals surface area contributed by atoms with E-state index in [0.29, 0.717) is 5.69 Å². The number of allylic oxidation sites excluding steroid dienone is 2. The summed E-state index contributed by atoms with van der Waals surface area (Å²) in [7, 11) is 0. The summed E-state index contributed by atoms with van der Waals surface area (Å²) < 4.78 is 0. The highest BCUT2D eigenvalue weighted by atomic mass is 16.2. The number of aromatic nitrogens is 2. The molecule has 3 amide bonds. The topological polar surface area (TPSA) is 95.2 Å². The molecule has 25 heavy (non-hydrogen) atoms. The Balaban J connectivity index is 1.31. The van der Waals surface area contributed by atoms with Crippen LogP contribution in [0.4, 0.5) is 5.69 Å². The van der Waals surface area contributed by atoms with E-state index >= 15 is 0 Å². The largest absolute Gasteiger partial charge is 0.325 e. The van der Waals surface area contributed by atoms with Crippen molar-refractivity contribution < 1.29 is 14.4 Å². The minimum atomic E-state index is -0.371. The number of H-pyrrole nitrogens is 1. The molecular formula is C18H16N4O3. The van der Waals surface area contributed by atoms with Gasteiger partial charge in [-0.15, -0.1) is 0 Å². The summed E-state index contributed by atoms with van der Waals surface area (Å²) in [6.45, 7) is -0.229. The van der Waals surface area contributed by atoms with E-state index in [1.807, 2.05) is 18.2 Å². The monoisotopic (exact) mass is 336 g/mol. The summed E-state index contributed by atoms with van der Waals surface area (Å²) in [6.07, 6.45) is 6.64. The zero-order chi connectivity index (χ0) is 17.1. The van der Waals surface area contributed by atoms with Gasteiger partial charge in [0.05, 0.1) is 23.5 Å². The number of nitrogens with zero attached hydrogens (tertiary/aromatic N) is 2. The number of likely N-dealkylation sites (tertiary alicyclic amines) is 1. The van der Waals surface area contributed by atoms with Gasteiger partial charge in [0.15, 0.2) is 0 Å². The van der Waals surface area contributed by atoms with Crippen LogP contribution in [0.15, 0.2) is 36.5 Å². The van der Waals surface area contributed by atoms with Gasteiger partial charge in [-0.25, -0.2) is 0 Å². The van der Waals surface area contributed by atoms with Gasteiger partial charge in [-0.3, -0.25) is 24.4 Å². The van der Waals surface area contributed by atoms with Crippen LogP contribution in [0.1, 0.15) is 6.42 Å². The summed E-state index contributed by atoms with van der Waals surface area (Å²) in [4.78, 5) is 38.7. The first-order valence-electron chi connectivity index (χ1n) is 8.38. The van der Waals surface area contributed by atoms with Gasteiger partial charge in [0, 0.05) is 11.1 Å². The van der Waals surface area contributed by atoms with Crippen LogP contribution >= 0.6 is 0 Å². The number of nitrogens with one attached hydrogen (secondary N) is 2. The molecule has 2 fully saturated rings. The molecule has 4 atom stereocenters. The predicted molar refractivity (Wildman–Crippen MR) is 89.2 cm³/mol. The number of fused-ring (bicyclic) bond motifs is 6. The first-order chi connectivity index (χ1) is 12.1. The molecule has 2 N–H and O–H groups in total. The van der Waals surface area contributed by atoms with Crippen molar-refractivity contribution in [1.29, 1.82) is 0 Å². The number of benzene rings is 1. The lowest BCUT2D eigenvalue weighted by Crippen LogP contribution is -2.39. The molecule has 2 bridgehead atoms. The number of imide groups is 1. The van der Waals surface area contributed by atoms with Gasteiger partial charge >= 0.3 is 0 Å². The Morgan fingerprint density at radius 3 is 2.64 bits per heavy atom. The number of amides is 3. The molecule has 126 valence electrons. The minimum absolute atomic E-state index is 0.156.